The summed E-state index contributed by atoms with van der Waals surface area (Å²) in [6.45, 7) is 6.45. The van der Waals surface area contributed by atoms with Gasteiger partial charge in [-0.25, -0.2) is 13.2 Å². The smallest absolute Gasteiger partial charge is 0.318 e. The van der Waals surface area contributed by atoms with Crippen LogP contribution >= 0.6 is 11.6 Å². The number of alkyl halides is 2. The summed E-state index contributed by atoms with van der Waals surface area (Å²) in [6, 6.07) is 7.67. The number of amides is 1. The number of allylic oxidation sites excluding steroid dienone is 2. The van der Waals surface area contributed by atoms with Gasteiger partial charge in [0.05, 0.1) is 36.3 Å². The Bertz CT molecular complexity index is 1690. The molecule has 8 nitrogen and oxygen atoms in total. The van der Waals surface area contributed by atoms with Crippen LogP contribution in [0.3, 0.4) is 0 Å². The maximum atomic E-state index is 14.5. The molecule has 1 aromatic carbocycles. The van der Waals surface area contributed by atoms with Gasteiger partial charge < -0.3 is 14.5 Å². The number of nitrogens with zero attached hydrogens (tertiary/aromatic N) is 6. The quantitative estimate of drug-likeness (QED) is 0.374. The number of halogens is 4. The van der Waals surface area contributed by atoms with Crippen molar-refractivity contribution < 1.29 is 22.7 Å². The van der Waals surface area contributed by atoms with Crippen molar-refractivity contribution in [1.29, 1.82) is 5.26 Å². The lowest BCUT2D eigenvalue weighted by Gasteiger charge is -2.42. The third-order valence-corrected chi connectivity index (χ3v) is 10.9. The molecule has 3 atom stereocenters. The van der Waals surface area contributed by atoms with Crippen molar-refractivity contribution in [3.8, 4) is 12.1 Å². The van der Waals surface area contributed by atoms with Crippen LogP contribution in [0.25, 0.3) is 5.57 Å². The van der Waals surface area contributed by atoms with Gasteiger partial charge in [-0.05, 0) is 61.9 Å². The average molecular weight is 653 g/mol. The van der Waals surface area contributed by atoms with Crippen LogP contribution in [0, 0.1) is 11.3 Å². The lowest BCUT2D eigenvalue weighted by Crippen LogP contribution is -2.55. The zero-order valence-electron chi connectivity index (χ0n) is 25.8. The molecule has 2 aromatic rings. The first-order valence-corrected chi connectivity index (χ1v) is 16.2. The van der Waals surface area contributed by atoms with Crippen molar-refractivity contribution in [2.75, 3.05) is 44.2 Å². The molecule has 4 heterocycles. The third-order valence-electron chi connectivity index (χ3n) is 10.6. The zero-order valence-corrected chi connectivity index (χ0v) is 26.6. The number of nitriles is 1. The van der Waals surface area contributed by atoms with Gasteiger partial charge in [0.25, 0.3) is 11.8 Å². The van der Waals surface area contributed by atoms with Crippen LogP contribution in [0.5, 0.6) is 6.01 Å². The highest BCUT2D eigenvalue weighted by atomic mass is 35.5. The van der Waals surface area contributed by atoms with Gasteiger partial charge in [0.15, 0.2) is 5.83 Å². The molecule has 1 amide bonds. The number of hydrogen-bond donors (Lipinski definition) is 0. The second-order valence-electron chi connectivity index (χ2n) is 13.5. The number of piperazine rings is 1. The van der Waals surface area contributed by atoms with E-state index in [1.165, 1.54) is 4.90 Å². The Balaban J connectivity index is 1.25. The Labute approximate surface area is 271 Å². The van der Waals surface area contributed by atoms with Gasteiger partial charge in [-0.1, -0.05) is 36.4 Å². The lowest BCUT2D eigenvalue weighted by molar-refractivity contribution is -0.131. The fourth-order valence-electron chi connectivity index (χ4n) is 8.64. The molecular weight excluding hydrogens is 617 g/mol. The van der Waals surface area contributed by atoms with Crippen molar-refractivity contribution in [2.24, 2.45) is 0 Å². The molecule has 46 heavy (non-hydrogen) atoms. The van der Waals surface area contributed by atoms with Gasteiger partial charge in [0.1, 0.15) is 12.4 Å². The minimum Gasteiger partial charge on any atom is -0.461 e. The molecule has 1 spiro atoms. The maximum Gasteiger partial charge on any atom is 0.318 e. The van der Waals surface area contributed by atoms with E-state index < -0.39 is 29.2 Å². The van der Waals surface area contributed by atoms with Crippen molar-refractivity contribution in [3.05, 3.63) is 64.1 Å². The number of aromatic nitrogens is 2. The predicted octanol–water partition coefficient (Wildman–Crippen LogP) is 5.64. The molecule has 3 fully saturated rings. The molecule has 7 rings (SSSR count). The molecule has 0 saturated carbocycles. The molecular formula is C34H36ClF3N6O2. The molecule has 3 saturated heterocycles. The van der Waals surface area contributed by atoms with Crippen LogP contribution in [0.1, 0.15) is 61.4 Å². The number of rotatable bonds is 6. The maximum absolute atomic E-state index is 14.5. The molecule has 0 bridgehead atoms. The second-order valence-corrected chi connectivity index (χ2v) is 13.9. The standard InChI is InChI=1S/C34H36ClF3N6O2/c1-21-15-32(25-5-3-6-26(35)28(21)25)10-7-24-27(16-32)40-31(46-20-33-9-4-12-43(33)19-34(37,38)18-33)41-29(24)42-13-14-44(30(45)22(2)36)23(17-42)8-11-39/h3,5-6,15,23H,2,4,7-10,12-14,16-20H2,1H3/t23-,32?,33?/m0/s1. The fourth-order valence-corrected chi connectivity index (χ4v) is 8.96. The van der Waals surface area contributed by atoms with E-state index in [9.17, 15) is 23.2 Å². The van der Waals surface area contributed by atoms with Gasteiger partial charge >= 0.3 is 6.01 Å². The summed E-state index contributed by atoms with van der Waals surface area (Å²) >= 11 is 6.65. The number of carbonyl (C=O) groups excluding carboxylic acids is 1. The Hall–Kier alpha value is -3.62. The Morgan fingerprint density at radius 3 is 2.85 bits per heavy atom. The number of anilines is 1. The van der Waals surface area contributed by atoms with Crippen LogP contribution in [0.2, 0.25) is 5.02 Å². The summed E-state index contributed by atoms with van der Waals surface area (Å²) in [5, 5.41) is 10.2. The summed E-state index contributed by atoms with van der Waals surface area (Å²) in [5.74, 6) is -4.00. The molecule has 242 valence electrons. The van der Waals surface area contributed by atoms with Gasteiger partial charge in [-0.15, -0.1) is 0 Å². The monoisotopic (exact) mass is 652 g/mol. The van der Waals surface area contributed by atoms with Crippen molar-refractivity contribution >= 4 is 28.9 Å². The van der Waals surface area contributed by atoms with Crippen LogP contribution < -0.4 is 9.64 Å². The summed E-state index contributed by atoms with van der Waals surface area (Å²) in [5.41, 5.74) is 4.02. The summed E-state index contributed by atoms with van der Waals surface area (Å²) in [6.07, 6.45) is 5.54. The number of ether oxygens (including phenoxy) is 1. The highest BCUT2D eigenvalue weighted by Gasteiger charge is 2.57. The molecule has 2 aliphatic carbocycles. The molecule has 12 heteroatoms. The number of fused-ring (bicyclic) bond motifs is 4. The first kappa shape index (κ1) is 31.0. The first-order valence-electron chi connectivity index (χ1n) is 15.9. The second kappa shape index (κ2) is 11.3. The van der Waals surface area contributed by atoms with E-state index in [2.05, 4.69) is 31.7 Å². The third kappa shape index (κ3) is 5.14. The average Bonchev–Trinajstić information content (AvgIpc) is 3.60. The van der Waals surface area contributed by atoms with Gasteiger partial charge in [-0.2, -0.15) is 15.2 Å². The summed E-state index contributed by atoms with van der Waals surface area (Å²) < 4.78 is 49.2. The summed E-state index contributed by atoms with van der Waals surface area (Å²) in [4.78, 5) is 27.6. The van der Waals surface area contributed by atoms with E-state index in [0.717, 1.165) is 40.8 Å². The fraction of sp³-hybridized carbons (Fsp3) is 0.529. The van der Waals surface area contributed by atoms with Gasteiger partial charge in [0.2, 0.25) is 0 Å². The highest BCUT2D eigenvalue weighted by Crippen LogP contribution is 2.51. The van der Waals surface area contributed by atoms with E-state index in [1.54, 1.807) is 0 Å². The van der Waals surface area contributed by atoms with Crippen LogP contribution in [0.4, 0.5) is 19.0 Å². The Morgan fingerprint density at radius 1 is 1.24 bits per heavy atom. The predicted molar refractivity (Wildman–Crippen MR) is 168 cm³/mol. The molecule has 0 radical (unpaired) electrons. The van der Waals surface area contributed by atoms with E-state index >= 15 is 0 Å². The molecule has 3 aliphatic heterocycles. The number of hydrogen-bond acceptors (Lipinski definition) is 7. The van der Waals surface area contributed by atoms with Crippen molar-refractivity contribution in [3.63, 3.8) is 0 Å². The van der Waals surface area contributed by atoms with Crippen LogP contribution in [-0.2, 0) is 23.1 Å². The topological polar surface area (TPSA) is 85.6 Å². The lowest BCUT2D eigenvalue weighted by atomic mass is 9.70. The van der Waals surface area contributed by atoms with Crippen LogP contribution in [-0.4, -0.2) is 82.5 Å². The van der Waals surface area contributed by atoms with E-state index in [0.29, 0.717) is 43.2 Å². The molecule has 5 aliphatic rings. The molecule has 2 unspecified atom stereocenters. The van der Waals surface area contributed by atoms with E-state index in [4.69, 9.17) is 26.3 Å². The van der Waals surface area contributed by atoms with Crippen LogP contribution in [0.15, 0.2) is 36.7 Å². The highest BCUT2D eigenvalue weighted by molar-refractivity contribution is 6.32. The Kier molecular flexibility index (Phi) is 7.59. The zero-order chi connectivity index (χ0) is 32.4. The molecule has 0 N–H and O–H groups in total. The van der Waals surface area contributed by atoms with Gasteiger partial charge in [-0.3, -0.25) is 9.69 Å². The van der Waals surface area contributed by atoms with E-state index in [1.807, 2.05) is 21.9 Å². The SMILES string of the molecule is C=C(F)C(=O)N1CCN(c2nc(OCC34CCCN3CC(F)(F)C4)nc3c2CCC2(C=C(C)c4c(Cl)cccc42)C3)C[C@@H]1CC#N. The number of benzene rings is 1. The first-order chi connectivity index (χ1) is 21.9. The number of carbonyl (C=O) groups is 1. The van der Waals surface area contributed by atoms with E-state index in [-0.39, 0.29) is 50.5 Å². The summed E-state index contributed by atoms with van der Waals surface area (Å²) in [7, 11) is 0. The minimum atomic E-state index is -2.77. The van der Waals surface area contributed by atoms with Crippen molar-refractivity contribution in [2.45, 2.75) is 74.8 Å². The minimum absolute atomic E-state index is 0.0173. The molecule has 1 aromatic heterocycles. The normalized spacial score (nSPS) is 28.0. The van der Waals surface area contributed by atoms with Crippen molar-refractivity contribution in [1.82, 2.24) is 19.8 Å². The largest absolute Gasteiger partial charge is 0.461 e. The van der Waals surface area contributed by atoms with Gasteiger partial charge in [0, 0.05) is 48.5 Å². The Morgan fingerprint density at radius 2 is 2.07 bits per heavy atom.